The normalized spacial score (nSPS) is 16.4. The smallest absolute Gasteiger partial charge is 0.223 e. The van der Waals surface area contributed by atoms with Crippen LogP contribution in [0.25, 0.3) is 0 Å². The Morgan fingerprint density at radius 2 is 2.07 bits per heavy atom. The Kier molecular flexibility index (Phi) is 5.09. The van der Waals surface area contributed by atoms with E-state index in [1.807, 2.05) is 4.90 Å². The van der Waals surface area contributed by atoms with Gasteiger partial charge in [-0.05, 0) is 19.3 Å². The van der Waals surface area contributed by atoms with Gasteiger partial charge in [0.2, 0.25) is 5.91 Å². The van der Waals surface area contributed by atoms with Crippen LogP contribution in [-0.4, -0.2) is 37.0 Å². The maximum Gasteiger partial charge on any atom is 0.223 e. The number of terminal acetylenes is 1. The number of hydrogen-bond donors (Lipinski definition) is 1. The predicted octanol–water partition coefficient (Wildman–Crippen LogP) is 0.612. The van der Waals surface area contributed by atoms with Crippen molar-refractivity contribution >= 4 is 5.91 Å². The average molecular weight is 194 g/mol. The third-order valence-corrected chi connectivity index (χ3v) is 2.45. The number of nitrogens with zero attached hydrogens (tertiary/aromatic N) is 1. The molecule has 3 nitrogen and oxygen atoms in total. The molecular formula is C11H18N2O. The van der Waals surface area contributed by atoms with E-state index in [-0.39, 0.29) is 5.91 Å². The summed E-state index contributed by atoms with van der Waals surface area (Å²) in [6.07, 6.45) is 9.23. The Labute approximate surface area is 85.9 Å². The van der Waals surface area contributed by atoms with Crippen molar-refractivity contribution in [3.05, 3.63) is 0 Å². The van der Waals surface area contributed by atoms with Gasteiger partial charge in [0.15, 0.2) is 0 Å². The van der Waals surface area contributed by atoms with Crippen molar-refractivity contribution in [3.63, 3.8) is 0 Å². The van der Waals surface area contributed by atoms with E-state index in [1.165, 1.54) is 6.42 Å². The molecule has 78 valence electrons. The Hall–Kier alpha value is -1.01. The van der Waals surface area contributed by atoms with Gasteiger partial charge in [0, 0.05) is 26.1 Å². The van der Waals surface area contributed by atoms with Gasteiger partial charge in [0.25, 0.3) is 0 Å². The number of likely N-dealkylation sites (tertiary alicyclic amines) is 1. The van der Waals surface area contributed by atoms with E-state index in [4.69, 9.17) is 6.42 Å². The van der Waals surface area contributed by atoms with Crippen molar-refractivity contribution in [2.24, 2.45) is 0 Å². The molecule has 0 bridgehead atoms. The van der Waals surface area contributed by atoms with Crippen molar-refractivity contribution in [2.45, 2.75) is 25.7 Å². The van der Waals surface area contributed by atoms with Gasteiger partial charge in [-0.15, -0.1) is 6.42 Å². The van der Waals surface area contributed by atoms with Crippen molar-refractivity contribution < 1.29 is 4.79 Å². The number of carbonyl (C=O) groups is 1. The topological polar surface area (TPSA) is 32.3 Å². The molecule has 1 fully saturated rings. The maximum atomic E-state index is 11.6. The molecule has 1 heterocycles. The summed E-state index contributed by atoms with van der Waals surface area (Å²) in [5.41, 5.74) is 0. The highest BCUT2D eigenvalue weighted by atomic mass is 16.2. The van der Waals surface area contributed by atoms with Crippen LogP contribution in [0.1, 0.15) is 25.7 Å². The molecule has 1 saturated heterocycles. The van der Waals surface area contributed by atoms with Crippen LogP contribution in [0.5, 0.6) is 0 Å². The molecule has 0 aromatic rings. The van der Waals surface area contributed by atoms with Crippen LogP contribution >= 0.6 is 0 Å². The monoisotopic (exact) mass is 194 g/mol. The molecule has 0 aromatic heterocycles. The second-order valence-corrected chi connectivity index (χ2v) is 3.57. The molecule has 0 aliphatic carbocycles. The number of piperidine rings is 1. The highest BCUT2D eigenvalue weighted by molar-refractivity contribution is 5.76. The highest BCUT2D eigenvalue weighted by Crippen LogP contribution is 2.09. The van der Waals surface area contributed by atoms with Crippen molar-refractivity contribution in [1.29, 1.82) is 0 Å². The van der Waals surface area contributed by atoms with Gasteiger partial charge < -0.3 is 10.2 Å². The first kappa shape index (κ1) is 11.1. The Bertz CT molecular complexity index is 214. The third-order valence-electron chi connectivity index (χ3n) is 2.45. The second-order valence-electron chi connectivity index (χ2n) is 3.57. The van der Waals surface area contributed by atoms with Gasteiger partial charge in [-0.1, -0.05) is 5.92 Å². The number of hydrogen-bond acceptors (Lipinski definition) is 2. The minimum Gasteiger partial charge on any atom is -0.343 e. The minimum atomic E-state index is 0.259. The zero-order valence-electron chi connectivity index (χ0n) is 8.59. The van der Waals surface area contributed by atoms with Gasteiger partial charge in [0.05, 0.1) is 6.54 Å². The molecule has 1 N–H and O–H groups in total. The lowest BCUT2D eigenvalue weighted by Gasteiger charge is -2.26. The molecule has 3 heteroatoms. The maximum absolute atomic E-state index is 11.6. The van der Waals surface area contributed by atoms with Crippen molar-refractivity contribution in [3.8, 4) is 12.3 Å². The summed E-state index contributed by atoms with van der Waals surface area (Å²) in [6.45, 7) is 3.12. The van der Waals surface area contributed by atoms with Gasteiger partial charge in [-0.25, -0.2) is 0 Å². The number of rotatable bonds is 4. The molecule has 0 aromatic carbocycles. The first-order valence-electron chi connectivity index (χ1n) is 5.26. The first-order valence-corrected chi connectivity index (χ1v) is 5.26. The Morgan fingerprint density at radius 1 is 1.36 bits per heavy atom. The molecule has 0 unspecified atom stereocenters. The quantitative estimate of drug-likeness (QED) is 0.525. The van der Waals surface area contributed by atoms with E-state index in [0.29, 0.717) is 19.5 Å². The molecule has 0 atom stereocenters. The first-order chi connectivity index (χ1) is 6.84. The molecule has 1 aliphatic rings. The zero-order chi connectivity index (χ0) is 10.2. The van der Waals surface area contributed by atoms with E-state index in [0.717, 1.165) is 25.9 Å². The summed E-state index contributed by atoms with van der Waals surface area (Å²) < 4.78 is 0. The summed E-state index contributed by atoms with van der Waals surface area (Å²) in [5.74, 6) is 2.74. The van der Waals surface area contributed by atoms with E-state index in [9.17, 15) is 4.79 Å². The standard InChI is InChI=1S/C11H18N2O/c1-2-7-12-8-6-11(14)13-9-4-3-5-10-13/h1,12H,3-10H2. The third kappa shape index (κ3) is 3.80. The highest BCUT2D eigenvalue weighted by Gasteiger charge is 2.15. The van der Waals surface area contributed by atoms with Crippen LogP contribution in [-0.2, 0) is 4.79 Å². The molecular weight excluding hydrogens is 176 g/mol. The molecule has 14 heavy (non-hydrogen) atoms. The molecule has 1 amide bonds. The summed E-state index contributed by atoms with van der Waals surface area (Å²) in [5, 5.41) is 3.02. The average Bonchev–Trinajstić information content (AvgIpc) is 2.25. The summed E-state index contributed by atoms with van der Waals surface area (Å²) in [6, 6.07) is 0. The predicted molar refractivity (Wildman–Crippen MR) is 56.8 cm³/mol. The van der Waals surface area contributed by atoms with Gasteiger partial charge in [-0.3, -0.25) is 4.79 Å². The zero-order valence-corrected chi connectivity index (χ0v) is 8.59. The molecule has 1 rings (SSSR count). The van der Waals surface area contributed by atoms with Crippen molar-refractivity contribution in [1.82, 2.24) is 10.2 Å². The lowest BCUT2D eigenvalue weighted by molar-refractivity contribution is -0.131. The number of amides is 1. The summed E-state index contributed by atoms with van der Waals surface area (Å²) >= 11 is 0. The van der Waals surface area contributed by atoms with E-state index in [2.05, 4.69) is 11.2 Å². The van der Waals surface area contributed by atoms with Crippen LogP contribution in [0, 0.1) is 12.3 Å². The lowest BCUT2D eigenvalue weighted by Crippen LogP contribution is -2.37. The summed E-state index contributed by atoms with van der Waals surface area (Å²) in [4.78, 5) is 13.6. The summed E-state index contributed by atoms with van der Waals surface area (Å²) in [7, 11) is 0. The SMILES string of the molecule is C#CCNCCC(=O)N1CCCCC1. The van der Waals surface area contributed by atoms with Gasteiger partial charge >= 0.3 is 0 Å². The Morgan fingerprint density at radius 3 is 2.71 bits per heavy atom. The van der Waals surface area contributed by atoms with E-state index < -0.39 is 0 Å². The largest absolute Gasteiger partial charge is 0.343 e. The van der Waals surface area contributed by atoms with E-state index >= 15 is 0 Å². The number of nitrogens with one attached hydrogen (secondary N) is 1. The number of carbonyl (C=O) groups excluding carboxylic acids is 1. The van der Waals surface area contributed by atoms with Crippen molar-refractivity contribution in [2.75, 3.05) is 26.2 Å². The van der Waals surface area contributed by atoms with Gasteiger partial charge in [-0.2, -0.15) is 0 Å². The Balaban J connectivity index is 2.11. The van der Waals surface area contributed by atoms with Crippen LogP contribution in [0.15, 0.2) is 0 Å². The lowest BCUT2D eigenvalue weighted by atomic mass is 10.1. The van der Waals surface area contributed by atoms with E-state index in [1.54, 1.807) is 0 Å². The fourth-order valence-corrected chi connectivity index (χ4v) is 1.66. The molecule has 0 saturated carbocycles. The minimum absolute atomic E-state index is 0.259. The van der Waals surface area contributed by atoms with Gasteiger partial charge in [0.1, 0.15) is 0 Å². The molecule has 0 spiro atoms. The van der Waals surface area contributed by atoms with Crippen LogP contribution in [0.4, 0.5) is 0 Å². The molecule has 1 aliphatic heterocycles. The fraction of sp³-hybridized carbons (Fsp3) is 0.727. The molecule has 0 radical (unpaired) electrons. The van der Waals surface area contributed by atoms with Crippen LogP contribution in [0.3, 0.4) is 0 Å². The van der Waals surface area contributed by atoms with Crippen LogP contribution in [0.2, 0.25) is 0 Å². The fourth-order valence-electron chi connectivity index (χ4n) is 1.66. The second kappa shape index (κ2) is 6.44. The van der Waals surface area contributed by atoms with Crippen LogP contribution < -0.4 is 5.32 Å².